The number of hydrogen-bond acceptors (Lipinski definition) is 2. The molecule has 0 aromatic heterocycles. The van der Waals surface area contributed by atoms with Gasteiger partial charge >= 0.3 is 5.97 Å². The molecule has 1 aliphatic carbocycles. The minimum absolute atomic E-state index is 0.103. The molecule has 112 valence electrons. The van der Waals surface area contributed by atoms with Gasteiger partial charge in [0.05, 0.1) is 0 Å². The van der Waals surface area contributed by atoms with E-state index in [-0.39, 0.29) is 11.8 Å². The van der Waals surface area contributed by atoms with Gasteiger partial charge in [0.2, 0.25) is 0 Å². The second-order valence-corrected chi connectivity index (χ2v) is 6.49. The van der Waals surface area contributed by atoms with Crippen molar-refractivity contribution in [3.63, 3.8) is 0 Å². The number of carboxylic acids is 1. The van der Waals surface area contributed by atoms with Gasteiger partial charge in [-0.15, -0.1) is 0 Å². The first-order valence-corrected chi connectivity index (χ1v) is 7.66. The Labute approximate surface area is 128 Å². The maximum Gasteiger partial charge on any atom is 0.326 e. The zero-order valence-corrected chi connectivity index (χ0v) is 12.6. The first-order chi connectivity index (χ1) is 9.99. The van der Waals surface area contributed by atoms with Crippen molar-refractivity contribution in [3.8, 4) is 0 Å². The van der Waals surface area contributed by atoms with Gasteiger partial charge in [-0.25, -0.2) is 4.79 Å². The highest BCUT2D eigenvalue weighted by Crippen LogP contribution is 2.42. The van der Waals surface area contributed by atoms with Crippen molar-refractivity contribution >= 4 is 23.5 Å². The molecule has 4 nitrogen and oxygen atoms in total. The number of carboxylic acid groups (broad SMARTS) is 1. The van der Waals surface area contributed by atoms with Crippen LogP contribution in [-0.4, -0.2) is 34.5 Å². The average Bonchev–Trinajstić information content (AvgIpc) is 3.00. The predicted octanol–water partition coefficient (Wildman–Crippen LogP) is 2.97. The van der Waals surface area contributed by atoms with E-state index >= 15 is 0 Å². The number of carbonyl (C=O) groups is 2. The number of rotatable bonds is 2. The van der Waals surface area contributed by atoms with Crippen molar-refractivity contribution in [3.05, 3.63) is 34.3 Å². The number of aryl methyl sites for hydroxylation is 1. The minimum Gasteiger partial charge on any atom is -0.480 e. The highest BCUT2D eigenvalue weighted by molar-refractivity contribution is 6.31. The molecule has 1 saturated carbocycles. The van der Waals surface area contributed by atoms with Crippen molar-refractivity contribution in [2.45, 2.75) is 32.2 Å². The van der Waals surface area contributed by atoms with Gasteiger partial charge in [-0.1, -0.05) is 24.1 Å². The quantitative estimate of drug-likeness (QED) is 0.914. The molecule has 0 radical (unpaired) electrons. The Kier molecular flexibility index (Phi) is 3.66. The fourth-order valence-electron chi connectivity index (χ4n) is 3.81. The number of fused-ring (bicyclic) bond motifs is 1. The van der Waals surface area contributed by atoms with Gasteiger partial charge in [-0.3, -0.25) is 4.79 Å². The van der Waals surface area contributed by atoms with E-state index in [0.717, 1.165) is 24.8 Å². The Morgan fingerprint density at radius 3 is 2.81 bits per heavy atom. The third-order valence-electron chi connectivity index (χ3n) is 4.83. The predicted molar refractivity (Wildman–Crippen MR) is 79.5 cm³/mol. The topological polar surface area (TPSA) is 57.6 Å². The molecule has 5 heteroatoms. The van der Waals surface area contributed by atoms with Crippen LogP contribution in [0.25, 0.3) is 0 Å². The summed E-state index contributed by atoms with van der Waals surface area (Å²) in [7, 11) is 0. The van der Waals surface area contributed by atoms with E-state index in [1.165, 1.54) is 4.90 Å². The van der Waals surface area contributed by atoms with E-state index in [9.17, 15) is 14.7 Å². The summed E-state index contributed by atoms with van der Waals surface area (Å²) in [5.41, 5.74) is 1.33. The van der Waals surface area contributed by atoms with Crippen LogP contribution in [0.5, 0.6) is 0 Å². The summed E-state index contributed by atoms with van der Waals surface area (Å²) in [6, 6.07) is 4.47. The molecular formula is C16H18ClNO3. The van der Waals surface area contributed by atoms with Crippen LogP contribution in [0.3, 0.4) is 0 Å². The van der Waals surface area contributed by atoms with Crippen molar-refractivity contribution in [1.29, 1.82) is 0 Å². The molecule has 1 aliphatic heterocycles. The first kappa shape index (κ1) is 14.4. The van der Waals surface area contributed by atoms with E-state index in [1.54, 1.807) is 18.2 Å². The lowest BCUT2D eigenvalue weighted by Crippen LogP contribution is -2.43. The van der Waals surface area contributed by atoms with Crippen LogP contribution in [0.4, 0.5) is 0 Å². The van der Waals surface area contributed by atoms with E-state index in [1.807, 2.05) is 6.92 Å². The van der Waals surface area contributed by atoms with Crippen LogP contribution in [0, 0.1) is 18.8 Å². The first-order valence-electron chi connectivity index (χ1n) is 7.29. The van der Waals surface area contributed by atoms with Crippen LogP contribution >= 0.6 is 11.6 Å². The number of halogens is 1. The van der Waals surface area contributed by atoms with E-state index in [4.69, 9.17) is 11.6 Å². The van der Waals surface area contributed by atoms with Crippen LogP contribution < -0.4 is 0 Å². The highest BCUT2D eigenvalue weighted by atomic mass is 35.5. The van der Waals surface area contributed by atoms with Crippen molar-refractivity contribution in [2.24, 2.45) is 11.8 Å². The zero-order chi connectivity index (χ0) is 15.1. The molecule has 0 spiro atoms. The Morgan fingerprint density at radius 2 is 2.10 bits per heavy atom. The molecule has 3 atom stereocenters. The number of likely N-dealkylation sites (tertiary alicyclic amines) is 1. The number of amides is 1. The van der Waals surface area contributed by atoms with Crippen LogP contribution in [0.1, 0.15) is 35.2 Å². The Bertz CT molecular complexity index is 601. The Morgan fingerprint density at radius 1 is 1.33 bits per heavy atom. The van der Waals surface area contributed by atoms with Gasteiger partial charge in [0, 0.05) is 17.1 Å². The minimum atomic E-state index is -0.891. The molecule has 1 aromatic carbocycles. The van der Waals surface area contributed by atoms with Gasteiger partial charge in [0.25, 0.3) is 5.91 Å². The molecule has 0 bridgehead atoms. The standard InChI is InChI=1S/C16H18ClNO3/c1-9-5-6-11(17)7-13(9)15(19)18-8-10-3-2-4-12(10)14(18)16(20)21/h5-7,10,12,14H,2-4,8H2,1H3,(H,20,21). The summed E-state index contributed by atoms with van der Waals surface area (Å²) in [5, 5.41) is 10.0. The number of hydrogen-bond donors (Lipinski definition) is 1. The average molecular weight is 308 g/mol. The second-order valence-electron chi connectivity index (χ2n) is 6.05. The molecule has 21 heavy (non-hydrogen) atoms. The van der Waals surface area contributed by atoms with Gasteiger partial charge in [0.15, 0.2) is 0 Å². The monoisotopic (exact) mass is 307 g/mol. The number of nitrogens with zero attached hydrogens (tertiary/aromatic N) is 1. The summed E-state index contributed by atoms with van der Waals surface area (Å²) < 4.78 is 0. The molecule has 1 heterocycles. The normalized spacial score (nSPS) is 27.7. The van der Waals surface area contributed by atoms with Crippen LogP contribution in [0.15, 0.2) is 18.2 Å². The van der Waals surface area contributed by atoms with Gasteiger partial charge < -0.3 is 10.0 Å². The smallest absolute Gasteiger partial charge is 0.326 e. The molecule has 1 amide bonds. The number of benzene rings is 1. The summed E-state index contributed by atoms with van der Waals surface area (Å²) >= 11 is 5.98. The summed E-state index contributed by atoms with van der Waals surface area (Å²) in [6.07, 6.45) is 2.99. The third-order valence-corrected chi connectivity index (χ3v) is 5.07. The zero-order valence-electron chi connectivity index (χ0n) is 11.9. The lowest BCUT2D eigenvalue weighted by atomic mass is 9.94. The van der Waals surface area contributed by atoms with Crippen molar-refractivity contribution < 1.29 is 14.7 Å². The Balaban J connectivity index is 1.93. The van der Waals surface area contributed by atoms with Gasteiger partial charge in [-0.05, 0) is 49.3 Å². The Hall–Kier alpha value is -1.55. The van der Waals surface area contributed by atoms with Crippen molar-refractivity contribution in [2.75, 3.05) is 6.54 Å². The van der Waals surface area contributed by atoms with Crippen molar-refractivity contribution in [1.82, 2.24) is 4.90 Å². The molecule has 3 rings (SSSR count). The maximum absolute atomic E-state index is 12.8. The fourth-order valence-corrected chi connectivity index (χ4v) is 3.98. The van der Waals surface area contributed by atoms with Crippen LogP contribution in [-0.2, 0) is 4.79 Å². The summed E-state index contributed by atoms with van der Waals surface area (Å²) in [6.45, 7) is 2.39. The fraction of sp³-hybridized carbons (Fsp3) is 0.500. The van der Waals surface area contributed by atoms with E-state index < -0.39 is 12.0 Å². The molecule has 1 saturated heterocycles. The summed E-state index contributed by atoms with van der Waals surface area (Å²) in [5.74, 6) is -0.672. The molecule has 2 aliphatic rings. The number of carbonyl (C=O) groups excluding carboxylic acids is 1. The lowest BCUT2D eigenvalue weighted by molar-refractivity contribution is -0.142. The molecule has 1 N–H and O–H groups in total. The highest BCUT2D eigenvalue weighted by Gasteiger charge is 2.49. The largest absolute Gasteiger partial charge is 0.480 e. The molecular weight excluding hydrogens is 290 g/mol. The molecule has 2 fully saturated rings. The molecule has 3 unspecified atom stereocenters. The van der Waals surface area contributed by atoms with E-state index in [2.05, 4.69) is 0 Å². The maximum atomic E-state index is 12.8. The van der Waals surface area contributed by atoms with Gasteiger partial charge in [0.1, 0.15) is 6.04 Å². The lowest BCUT2D eigenvalue weighted by Gasteiger charge is -2.25. The molecule has 1 aromatic rings. The van der Waals surface area contributed by atoms with Gasteiger partial charge in [-0.2, -0.15) is 0 Å². The SMILES string of the molecule is Cc1ccc(Cl)cc1C(=O)N1CC2CCCC2C1C(=O)O. The van der Waals surface area contributed by atoms with E-state index in [0.29, 0.717) is 23.0 Å². The van der Waals surface area contributed by atoms with Crippen LogP contribution in [0.2, 0.25) is 5.02 Å². The summed E-state index contributed by atoms with van der Waals surface area (Å²) in [4.78, 5) is 25.9. The third kappa shape index (κ3) is 2.42. The number of aliphatic carboxylic acids is 1. The second kappa shape index (κ2) is 5.34.